The summed E-state index contributed by atoms with van der Waals surface area (Å²) < 4.78 is 0. The van der Waals surface area contributed by atoms with Crippen LogP contribution in [0.25, 0.3) is 0 Å². The second-order valence-electron chi connectivity index (χ2n) is 3.50. The largest absolute Gasteiger partial charge is 0.480 e. The Bertz CT molecular complexity index is 423. The summed E-state index contributed by atoms with van der Waals surface area (Å²) >= 11 is 5.64. The first-order valence-corrected chi connectivity index (χ1v) is 5.58. The number of carboxylic acid groups (broad SMARTS) is 1. The van der Waals surface area contributed by atoms with E-state index >= 15 is 0 Å². The molecule has 5 nitrogen and oxygen atoms in total. The van der Waals surface area contributed by atoms with Gasteiger partial charge in [0.2, 0.25) is 0 Å². The summed E-state index contributed by atoms with van der Waals surface area (Å²) in [5, 5.41) is 11.5. The van der Waals surface area contributed by atoms with Crippen LogP contribution in [0.5, 0.6) is 0 Å². The molecular formula is C11H13ClN2O3. The first-order chi connectivity index (χ1) is 8.04. The maximum absolute atomic E-state index is 11.7. The van der Waals surface area contributed by atoms with E-state index in [1.54, 1.807) is 12.1 Å². The third kappa shape index (κ3) is 4.03. The summed E-state index contributed by atoms with van der Waals surface area (Å²) in [5.74, 6) is -1.59. The van der Waals surface area contributed by atoms with Gasteiger partial charge in [0.1, 0.15) is 16.9 Å². The van der Waals surface area contributed by atoms with Gasteiger partial charge in [-0.15, -0.1) is 0 Å². The fraction of sp³-hybridized carbons (Fsp3) is 0.364. The highest BCUT2D eigenvalue weighted by Gasteiger charge is 2.20. The summed E-state index contributed by atoms with van der Waals surface area (Å²) in [5.41, 5.74) is 0.111. The standard InChI is InChI=1S/C11H13ClN2O3/c1-2-4-8(11(16)17)14-10(15)7-5-3-6-9(12)13-7/h3,5-6,8H,2,4H2,1H3,(H,14,15)(H,16,17)/t8-/m0/s1. The summed E-state index contributed by atoms with van der Waals surface area (Å²) in [4.78, 5) is 26.4. The average molecular weight is 257 g/mol. The number of hydrogen-bond acceptors (Lipinski definition) is 3. The van der Waals surface area contributed by atoms with E-state index in [0.717, 1.165) is 0 Å². The van der Waals surface area contributed by atoms with Crippen molar-refractivity contribution in [1.82, 2.24) is 10.3 Å². The van der Waals surface area contributed by atoms with Crippen molar-refractivity contribution in [3.8, 4) is 0 Å². The van der Waals surface area contributed by atoms with Gasteiger partial charge in [0.25, 0.3) is 5.91 Å². The van der Waals surface area contributed by atoms with Crippen LogP contribution in [0.2, 0.25) is 5.15 Å². The summed E-state index contributed by atoms with van der Waals surface area (Å²) in [7, 11) is 0. The molecule has 1 heterocycles. The van der Waals surface area contributed by atoms with Gasteiger partial charge in [-0.05, 0) is 18.6 Å². The third-order valence-corrected chi connectivity index (χ3v) is 2.34. The van der Waals surface area contributed by atoms with Gasteiger partial charge in [-0.2, -0.15) is 0 Å². The molecule has 2 N–H and O–H groups in total. The lowest BCUT2D eigenvalue weighted by Gasteiger charge is -2.12. The zero-order valence-corrected chi connectivity index (χ0v) is 10.1. The van der Waals surface area contributed by atoms with E-state index in [0.29, 0.717) is 12.8 Å². The first kappa shape index (κ1) is 13.4. The Morgan fingerprint density at radius 1 is 1.53 bits per heavy atom. The van der Waals surface area contributed by atoms with Gasteiger partial charge in [-0.25, -0.2) is 9.78 Å². The molecule has 0 bridgehead atoms. The van der Waals surface area contributed by atoms with Crippen LogP contribution in [-0.4, -0.2) is 28.0 Å². The first-order valence-electron chi connectivity index (χ1n) is 5.20. The van der Waals surface area contributed by atoms with E-state index in [1.807, 2.05) is 6.92 Å². The van der Waals surface area contributed by atoms with Gasteiger partial charge in [-0.3, -0.25) is 4.79 Å². The topological polar surface area (TPSA) is 79.3 Å². The van der Waals surface area contributed by atoms with Crippen molar-refractivity contribution in [1.29, 1.82) is 0 Å². The molecule has 0 aliphatic rings. The number of rotatable bonds is 5. The van der Waals surface area contributed by atoms with Gasteiger partial charge in [0.15, 0.2) is 0 Å². The van der Waals surface area contributed by atoms with Crippen molar-refractivity contribution < 1.29 is 14.7 Å². The molecule has 1 aromatic heterocycles. The van der Waals surface area contributed by atoms with Crippen LogP contribution in [-0.2, 0) is 4.79 Å². The molecule has 1 amide bonds. The molecule has 0 aliphatic carbocycles. The van der Waals surface area contributed by atoms with E-state index < -0.39 is 17.9 Å². The molecular weight excluding hydrogens is 244 g/mol. The molecule has 0 saturated carbocycles. The van der Waals surface area contributed by atoms with Crippen LogP contribution < -0.4 is 5.32 Å². The fourth-order valence-corrected chi connectivity index (χ4v) is 1.48. The number of aromatic nitrogens is 1. The molecule has 1 atom stereocenters. The quantitative estimate of drug-likeness (QED) is 0.786. The number of carbonyl (C=O) groups excluding carboxylic acids is 1. The van der Waals surface area contributed by atoms with Crippen molar-refractivity contribution in [2.45, 2.75) is 25.8 Å². The molecule has 92 valence electrons. The second-order valence-corrected chi connectivity index (χ2v) is 3.89. The minimum absolute atomic E-state index is 0.111. The molecule has 6 heteroatoms. The van der Waals surface area contributed by atoms with E-state index in [4.69, 9.17) is 16.7 Å². The summed E-state index contributed by atoms with van der Waals surface area (Å²) in [6.45, 7) is 1.85. The minimum Gasteiger partial charge on any atom is -0.480 e. The van der Waals surface area contributed by atoms with Crippen molar-refractivity contribution in [2.75, 3.05) is 0 Å². The highest BCUT2D eigenvalue weighted by molar-refractivity contribution is 6.29. The molecule has 1 rings (SSSR count). The Balaban J connectivity index is 2.73. The highest BCUT2D eigenvalue weighted by Crippen LogP contribution is 2.06. The Kier molecular flexibility index (Phi) is 4.90. The van der Waals surface area contributed by atoms with Crippen LogP contribution in [0.4, 0.5) is 0 Å². The minimum atomic E-state index is -1.05. The number of nitrogens with zero attached hydrogens (tertiary/aromatic N) is 1. The van der Waals surface area contributed by atoms with Crippen molar-refractivity contribution >= 4 is 23.5 Å². The number of aliphatic carboxylic acids is 1. The predicted octanol–water partition coefficient (Wildman–Crippen LogP) is 1.72. The normalized spacial score (nSPS) is 11.9. The Morgan fingerprint density at radius 2 is 2.24 bits per heavy atom. The highest BCUT2D eigenvalue weighted by atomic mass is 35.5. The van der Waals surface area contributed by atoms with Crippen LogP contribution in [0.3, 0.4) is 0 Å². The SMILES string of the molecule is CCC[C@H](NC(=O)c1cccc(Cl)n1)C(=O)O. The molecule has 17 heavy (non-hydrogen) atoms. The van der Waals surface area contributed by atoms with Crippen molar-refractivity contribution in [3.63, 3.8) is 0 Å². The van der Waals surface area contributed by atoms with Crippen molar-refractivity contribution in [2.24, 2.45) is 0 Å². The van der Waals surface area contributed by atoms with Gasteiger partial charge in [-0.1, -0.05) is 31.0 Å². The second kappa shape index (κ2) is 6.20. The lowest BCUT2D eigenvalue weighted by molar-refractivity contribution is -0.139. The fourth-order valence-electron chi connectivity index (χ4n) is 1.31. The maximum atomic E-state index is 11.7. The van der Waals surface area contributed by atoms with Crippen LogP contribution in [0, 0.1) is 0 Å². The monoisotopic (exact) mass is 256 g/mol. The van der Waals surface area contributed by atoms with E-state index in [-0.39, 0.29) is 10.8 Å². The average Bonchev–Trinajstić information content (AvgIpc) is 2.28. The molecule has 1 aromatic rings. The summed E-state index contributed by atoms with van der Waals surface area (Å²) in [6, 6.07) is 3.71. The van der Waals surface area contributed by atoms with E-state index in [9.17, 15) is 9.59 Å². The zero-order chi connectivity index (χ0) is 12.8. The van der Waals surface area contributed by atoms with Crippen LogP contribution >= 0.6 is 11.6 Å². The van der Waals surface area contributed by atoms with Crippen LogP contribution in [0.1, 0.15) is 30.3 Å². The lowest BCUT2D eigenvalue weighted by Crippen LogP contribution is -2.40. The predicted molar refractivity (Wildman–Crippen MR) is 63.0 cm³/mol. The van der Waals surface area contributed by atoms with E-state index in [1.165, 1.54) is 6.07 Å². The number of amides is 1. The van der Waals surface area contributed by atoms with E-state index in [2.05, 4.69) is 10.3 Å². The third-order valence-electron chi connectivity index (χ3n) is 2.13. The van der Waals surface area contributed by atoms with Crippen LogP contribution in [0.15, 0.2) is 18.2 Å². The van der Waals surface area contributed by atoms with Gasteiger partial charge in [0, 0.05) is 0 Å². The molecule has 0 aliphatic heterocycles. The number of pyridine rings is 1. The maximum Gasteiger partial charge on any atom is 0.326 e. The smallest absolute Gasteiger partial charge is 0.326 e. The number of halogens is 1. The number of nitrogens with one attached hydrogen (secondary N) is 1. The molecule has 0 unspecified atom stereocenters. The molecule has 0 radical (unpaired) electrons. The van der Waals surface area contributed by atoms with Gasteiger partial charge in [0.05, 0.1) is 0 Å². The molecule has 0 spiro atoms. The molecule has 0 fully saturated rings. The zero-order valence-electron chi connectivity index (χ0n) is 9.31. The number of carboxylic acids is 1. The van der Waals surface area contributed by atoms with Gasteiger partial charge >= 0.3 is 5.97 Å². The Hall–Kier alpha value is -1.62. The Labute approximate surface area is 104 Å². The number of carbonyl (C=O) groups is 2. The lowest BCUT2D eigenvalue weighted by atomic mass is 10.1. The number of hydrogen-bond donors (Lipinski definition) is 2. The molecule has 0 aromatic carbocycles. The van der Waals surface area contributed by atoms with Crippen molar-refractivity contribution in [3.05, 3.63) is 29.0 Å². The van der Waals surface area contributed by atoms with Gasteiger partial charge < -0.3 is 10.4 Å². The Morgan fingerprint density at radius 3 is 2.76 bits per heavy atom. The molecule has 0 saturated heterocycles. The summed E-state index contributed by atoms with van der Waals surface area (Å²) in [6.07, 6.45) is 1.04.